The van der Waals surface area contributed by atoms with Crippen molar-refractivity contribution < 1.29 is 29.6 Å². The molecule has 4 N–H and O–H groups in total. The monoisotopic (exact) mass is 784 g/mol. The average molecular weight is 785 g/mol. The number of nitrogens with zero attached hydrogens (tertiary/aromatic N) is 5. The number of para-hydroxylation sites is 1. The number of hydrogen-bond acceptors (Lipinski definition) is 9. The number of aliphatic hydroxyl groups excluding tert-OH is 2. The van der Waals surface area contributed by atoms with Gasteiger partial charge in [0.25, 0.3) is 5.91 Å². The maximum absolute atomic E-state index is 14.2. The van der Waals surface area contributed by atoms with Crippen LogP contribution in [0.5, 0.6) is 5.75 Å². The van der Waals surface area contributed by atoms with Gasteiger partial charge in [-0.15, -0.1) is 5.10 Å². The molecule has 5 aromatic rings. The Morgan fingerprint density at radius 2 is 1.74 bits per heavy atom. The fraction of sp³-hybridized carbons (Fsp3) is 0.348. The molecule has 2 aliphatic rings. The summed E-state index contributed by atoms with van der Waals surface area (Å²) in [6.45, 7) is 5.75. The first-order chi connectivity index (χ1) is 28.3. The van der Waals surface area contributed by atoms with Crippen LogP contribution in [-0.2, 0) is 34.7 Å². The molecule has 2 amide bonds. The van der Waals surface area contributed by atoms with Gasteiger partial charge in [0.2, 0.25) is 5.91 Å². The van der Waals surface area contributed by atoms with Gasteiger partial charge in [-0.05, 0) is 92.2 Å². The summed E-state index contributed by atoms with van der Waals surface area (Å²) in [5, 5.41) is 43.4. The van der Waals surface area contributed by atoms with E-state index in [1.165, 1.54) is 0 Å². The van der Waals surface area contributed by atoms with Crippen LogP contribution >= 0.6 is 0 Å². The smallest absolute Gasteiger partial charge is 0.264 e. The number of carbonyl (C=O) groups is 2. The lowest BCUT2D eigenvalue weighted by Gasteiger charge is -2.35. The van der Waals surface area contributed by atoms with E-state index in [2.05, 4.69) is 15.6 Å². The van der Waals surface area contributed by atoms with Crippen LogP contribution in [-0.4, -0.2) is 74.5 Å². The molecule has 7 rings (SSSR count). The van der Waals surface area contributed by atoms with Gasteiger partial charge in [0.05, 0.1) is 48.8 Å². The van der Waals surface area contributed by atoms with Crippen molar-refractivity contribution in [2.75, 3.05) is 36.2 Å². The predicted octanol–water partition coefficient (Wildman–Crippen LogP) is 5.77. The number of fused-ring (bicyclic) bond motifs is 2. The van der Waals surface area contributed by atoms with Crippen LogP contribution < -0.4 is 19.9 Å². The van der Waals surface area contributed by atoms with Crippen molar-refractivity contribution in [3.63, 3.8) is 0 Å². The number of rotatable bonds is 18. The molecule has 0 saturated heterocycles. The summed E-state index contributed by atoms with van der Waals surface area (Å²) in [6, 6.07) is 30.1. The molecule has 4 aromatic carbocycles. The molecule has 12 nitrogen and oxygen atoms in total. The number of carbonyl (C=O) groups excluding carboxylic acids is 2. The number of ether oxygens (including phenoxy) is 1. The summed E-state index contributed by atoms with van der Waals surface area (Å²) < 4.78 is 7.51. The number of aliphatic hydroxyl groups is 3. The number of amides is 2. The van der Waals surface area contributed by atoms with E-state index >= 15 is 0 Å². The van der Waals surface area contributed by atoms with E-state index in [9.17, 15) is 24.9 Å². The summed E-state index contributed by atoms with van der Waals surface area (Å²) >= 11 is 0. The molecule has 0 radical (unpaired) electrons. The maximum atomic E-state index is 14.2. The van der Waals surface area contributed by atoms with Crippen LogP contribution in [0.4, 0.5) is 17.1 Å². The van der Waals surface area contributed by atoms with Crippen LogP contribution in [0.25, 0.3) is 0 Å². The van der Waals surface area contributed by atoms with Gasteiger partial charge in [0.15, 0.2) is 5.60 Å². The van der Waals surface area contributed by atoms with Crippen molar-refractivity contribution in [1.29, 1.82) is 0 Å². The second-order valence-corrected chi connectivity index (χ2v) is 14.9. The average Bonchev–Trinajstić information content (AvgIpc) is 3.80. The number of anilines is 3. The predicted molar refractivity (Wildman–Crippen MR) is 223 cm³/mol. The SMILES string of the molecule is CCOc1ccc2c(c1)CC(NCCCCO)C(=O)N2c1ccc(CN2C(=O)[C@](O)([C@H](C)/C=C/CCn3cc(C(CO)c4ccccc4)nn3)c3ccccc32)cc1. The van der Waals surface area contributed by atoms with Gasteiger partial charge in [0.1, 0.15) is 5.75 Å². The highest BCUT2D eigenvalue weighted by atomic mass is 16.5. The molecule has 4 atom stereocenters. The van der Waals surface area contributed by atoms with Crippen molar-refractivity contribution in [3.05, 3.63) is 143 Å². The Labute approximate surface area is 339 Å². The molecule has 0 aliphatic carbocycles. The standard InChI is InChI=1S/C46H52N6O6/c1-3-58-37-22-23-42-35(27-37)28-40(47-24-10-12-26-53)44(55)52(42)36-20-18-33(19-21-36)29-51-43-17-8-7-16-39(43)46(57,45(51)56)32(2)13-9-11-25-50-30-41(48-49-50)38(31-54)34-14-5-4-6-15-34/h4-9,13-23,27,30,32,38,40,47,53-54,57H,3,10-12,24-26,28-29,31H2,1-2H3/b13-9+/t32-,38?,40?,46+/m1/s1. The number of aromatic nitrogens is 3. The highest BCUT2D eigenvalue weighted by Gasteiger charge is 2.52. The quantitative estimate of drug-likeness (QED) is 0.0641. The molecule has 1 aromatic heterocycles. The Bertz CT molecular complexity index is 2210. The summed E-state index contributed by atoms with van der Waals surface area (Å²) in [4.78, 5) is 31.6. The van der Waals surface area contributed by atoms with Crippen molar-refractivity contribution in [2.45, 2.75) is 70.2 Å². The van der Waals surface area contributed by atoms with Gasteiger partial charge in [-0.25, -0.2) is 0 Å². The maximum Gasteiger partial charge on any atom is 0.264 e. The Morgan fingerprint density at radius 1 is 0.966 bits per heavy atom. The van der Waals surface area contributed by atoms with Crippen molar-refractivity contribution >= 4 is 28.9 Å². The normalized spacial score (nSPS) is 18.7. The summed E-state index contributed by atoms with van der Waals surface area (Å²) in [5.41, 5.74) is 4.47. The van der Waals surface area contributed by atoms with Gasteiger partial charge in [0, 0.05) is 36.5 Å². The summed E-state index contributed by atoms with van der Waals surface area (Å²) in [5.74, 6) is -0.497. The van der Waals surface area contributed by atoms with Gasteiger partial charge in [-0.3, -0.25) is 19.2 Å². The first-order valence-corrected chi connectivity index (χ1v) is 20.2. The number of allylic oxidation sites excluding steroid dienone is 1. The van der Waals surface area contributed by atoms with Gasteiger partial charge < -0.3 is 30.3 Å². The minimum Gasteiger partial charge on any atom is -0.494 e. The van der Waals surface area contributed by atoms with Gasteiger partial charge >= 0.3 is 0 Å². The molecule has 0 spiro atoms. The summed E-state index contributed by atoms with van der Waals surface area (Å²) in [7, 11) is 0. The first kappa shape index (κ1) is 40.5. The van der Waals surface area contributed by atoms with Crippen LogP contribution in [0.3, 0.4) is 0 Å². The fourth-order valence-electron chi connectivity index (χ4n) is 8.00. The lowest BCUT2D eigenvalue weighted by atomic mass is 9.83. The molecular weight excluding hydrogens is 733 g/mol. The topological polar surface area (TPSA) is 153 Å². The Morgan fingerprint density at radius 3 is 2.50 bits per heavy atom. The third-order valence-electron chi connectivity index (χ3n) is 11.1. The van der Waals surface area contributed by atoms with Gasteiger partial charge in [-0.2, -0.15) is 0 Å². The fourth-order valence-corrected chi connectivity index (χ4v) is 8.00. The Kier molecular flexibility index (Phi) is 12.8. The van der Waals surface area contributed by atoms with Crippen LogP contribution in [0.15, 0.2) is 115 Å². The number of unbranched alkanes of at least 4 members (excludes halogenated alkanes) is 1. The number of aryl methyl sites for hydroxylation is 1. The van der Waals surface area contributed by atoms with Crippen LogP contribution in [0.2, 0.25) is 0 Å². The highest BCUT2D eigenvalue weighted by Crippen LogP contribution is 2.46. The van der Waals surface area contributed by atoms with E-state index < -0.39 is 23.5 Å². The van der Waals surface area contributed by atoms with E-state index in [0.29, 0.717) is 61.6 Å². The first-order valence-electron chi connectivity index (χ1n) is 20.2. The molecule has 2 unspecified atom stereocenters. The minimum atomic E-state index is -1.76. The lowest BCUT2D eigenvalue weighted by molar-refractivity contribution is -0.139. The summed E-state index contributed by atoms with van der Waals surface area (Å²) in [6.07, 6.45) is 8.23. The molecule has 0 fully saturated rings. The van der Waals surface area contributed by atoms with Crippen LogP contribution in [0, 0.1) is 5.92 Å². The number of benzene rings is 4. The number of hydrogen-bond donors (Lipinski definition) is 4. The molecule has 3 heterocycles. The van der Waals surface area contributed by atoms with E-state index in [1.54, 1.807) is 14.5 Å². The molecule has 0 bridgehead atoms. The largest absolute Gasteiger partial charge is 0.494 e. The third-order valence-corrected chi connectivity index (χ3v) is 11.1. The van der Waals surface area contributed by atoms with E-state index in [4.69, 9.17) is 4.74 Å². The zero-order chi connectivity index (χ0) is 40.6. The molecular formula is C46H52N6O6. The second kappa shape index (κ2) is 18.3. The molecule has 302 valence electrons. The van der Waals surface area contributed by atoms with Crippen molar-refractivity contribution in [3.8, 4) is 5.75 Å². The Hall–Kier alpha value is -5.66. The highest BCUT2D eigenvalue weighted by molar-refractivity contribution is 6.08. The van der Waals surface area contributed by atoms with E-state index in [-0.39, 0.29) is 31.6 Å². The molecule has 12 heteroatoms. The van der Waals surface area contributed by atoms with Crippen molar-refractivity contribution in [1.82, 2.24) is 20.3 Å². The lowest BCUT2D eigenvalue weighted by Crippen LogP contribution is -2.49. The van der Waals surface area contributed by atoms with Crippen molar-refractivity contribution in [2.24, 2.45) is 5.92 Å². The van der Waals surface area contributed by atoms with Gasteiger partial charge in [-0.1, -0.05) is 85.0 Å². The number of nitrogens with one attached hydrogen (secondary N) is 1. The molecule has 2 aliphatic heterocycles. The second-order valence-electron chi connectivity index (χ2n) is 14.9. The zero-order valence-corrected chi connectivity index (χ0v) is 33.1. The van der Waals surface area contributed by atoms with Crippen LogP contribution in [0.1, 0.15) is 67.0 Å². The zero-order valence-electron chi connectivity index (χ0n) is 33.1. The van der Waals surface area contributed by atoms with E-state index in [0.717, 1.165) is 34.5 Å². The molecule has 0 saturated carbocycles. The Balaban J connectivity index is 1.04. The molecule has 58 heavy (non-hydrogen) atoms. The minimum absolute atomic E-state index is 0.0615. The third kappa shape index (κ3) is 8.32. The van der Waals surface area contributed by atoms with E-state index in [1.807, 2.05) is 129 Å².